The molecule has 1 atom stereocenters. The molecule has 2 aliphatic rings. The molecule has 3 heteroatoms. The van der Waals surface area contributed by atoms with Crippen molar-refractivity contribution in [3.8, 4) is 0 Å². The lowest BCUT2D eigenvalue weighted by atomic mass is 9.77. The zero-order chi connectivity index (χ0) is 13.1. The van der Waals surface area contributed by atoms with Crippen LogP contribution in [0.3, 0.4) is 0 Å². The fourth-order valence-corrected chi connectivity index (χ4v) is 2.91. The number of benzene rings is 1. The van der Waals surface area contributed by atoms with Gasteiger partial charge >= 0.3 is 0 Å². The van der Waals surface area contributed by atoms with Crippen molar-refractivity contribution in [2.75, 3.05) is 19.8 Å². The standard InChI is InChI=1S/C16H21NO2/c18-16(10-13-11-19-9-8-17-13)15-7-2-1-6-14(15)12-4-3-5-12/h1-2,6-7,12-13,17H,3-5,8-11H2. The van der Waals surface area contributed by atoms with E-state index in [9.17, 15) is 4.79 Å². The van der Waals surface area contributed by atoms with Crippen molar-refractivity contribution in [2.45, 2.75) is 37.6 Å². The van der Waals surface area contributed by atoms with Gasteiger partial charge in [0.2, 0.25) is 0 Å². The Kier molecular flexibility index (Phi) is 3.95. The molecule has 0 aromatic heterocycles. The quantitative estimate of drug-likeness (QED) is 0.844. The van der Waals surface area contributed by atoms with Gasteiger partial charge in [-0.15, -0.1) is 0 Å². The topological polar surface area (TPSA) is 38.3 Å². The third-order valence-corrected chi connectivity index (χ3v) is 4.24. The Bertz CT molecular complexity index is 448. The molecule has 1 aliphatic carbocycles. The zero-order valence-corrected chi connectivity index (χ0v) is 11.2. The first-order chi connectivity index (χ1) is 9.34. The molecular formula is C16H21NO2. The van der Waals surface area contributed by atoms with Crippen LogP contribution in [0, 0.1) is 0 Å². The van der Waals surface area contributed by atoms with Crippen molar-refractivity contribution in [1.29, 1.82) is 0 Å². The number of nitrogens with one attached hydrogen (secondary N) is 1. The first-order valence-corrected chi connectivity index (χ1v) is 7.28. The summed E-state index contributed by atoms with van der Waals surface area (Å²) in [5, 5.41) is 3.35. The van der Waals surface area contributed by atoms with Gasteiger partial charge < -0.3 is 10.1 Å². The summed E-state index contributed by atoms with van der Waals surface area (Å²) in [7, 11) is 0. The van der Waals surface area contributed by atoms with Gasteiger partial charge in [-0.2, -0.15) is 0 Å². The molecule has 1 saturated carbocycles. The lowest BCUT2D eigenvalue weighted by molar-refractivity contribution is 0.0675. The third-order valence-electron chi connectivity index (χ3n) is 4.24. The van der Waals surface area contributed by atoms with Crippen molar-refractivity contribution in [1.82, 2.24) is 5.32 Å². The van der Waals surface area contributed by atoms with Gasteiger partial charge in [0.25, 0.3) is 0 Å². The second-order valence-electron chi connectivity index (χ2n) is 5.57. The number of hydrogen-bond acceptors (Lipinski definition) is 3. The minimum absolute atomic E-state index is 0.177. The van der Waals surface area contributed by atoms with Gasteiger partial charge in [-0.25, -0.2) is 0 Å². The lowest BCUT2D eigenvalue weighted by Crippen LogP contribution is -2.42. The van der Waals surface area contributed by atoms with Gasteiger partial charge in [0.05, 0.1) is 13.2 Å². The number of carbonyl (C=O) groups excluding carboxylic acids is 1. The minimum atomic E-state index is 0.177. The van der Waals surface area contributed by atoms with Crippen LogP contribution in [0.5, 0.6) is 0 Å². The van der Waals surface area contributed by atoms with Gasteiger partial charge in [0.1, 0.15) is 0 Å². The van der Waals surface area contributed by atoms with Crippen molar-refractivity contribution < 1.29 is 9.53 Å². The summed E-state index contributed by atoms with van der Waals surface area (Å²) >= 11 is 0. The number of morpholine rings is 1. The van der Waals surface area contributed by atoms with E-state index in [2.05, 4.69) is 11.4 Å². The highest BCUT2D eigenvalue weighted by Gasteiger charge is 2.25. The molecule has 0 bridgehead atoms. The average Bonchev–Trinajstić information content (AvgIpc) is 2.38. The van der Waals surface area contributed by atoms with Crippen LogP contribution >= 0.6 is 0 Å². The molecule has 102 valence electrons. The molecule has 0 amide bonds. The Morgan fingerprint density at radius 1 is 1.32 bits per heavy atom. The molecule has 1 aromatic carbocycles. The molecule has 1 heterocycles. The minimum Gasteiger partial charge on any atom is -0.378 e. The van der Waals surface area contributed by atoms with Crippen LogP contribution in [0.25, 0.3) is 0 Å². The molecule has 3 nitrogen and oxygen atoms in total. The lowest BCUT2D eigenvalue weighted by Gasteiger charge is -2.28. The molecule has 2 fully saturated rings. The summed E-state index contributed by atoms with van der Waals surface area (Å²) < 4.78 is 5.41. The predicted molar refractivity (Wildman–Crippen MR) is 74.6 cm³/mol. The largest absolute Gasteiger partial charge is 0.378 e. The van der Waals surface area contributed by atoms with Gasteiger partial charge in [-0.05, 0) is 24.3 Å². The number of hydrogen-bond donors (Lipinski definition) is 1. The van der Waals surface area contributed by atoms with E-state index in [1.807, 2.05) is 18.2 Å². The molecule has 1 aliphatic heterocycles. The summed E-state index contributed by atoms with van der Waals surface area (Å²) in [4.78, 5) is 12.5. The van der Waals surface area contributed by atoms with Gasteiger partial charge in [-0.1, -0.05) is 30.7 Å². The Morgan fingerprint density at radius 3 is 2.84 bits per heavy atom. The van der Waals surface area contributed by atoms with E-state index in [1.54, 1.807) is 0 Å². The van der Waals surface area contributed by atoms with Crippen LogP contribution in [0.4, 0.5) is 0 Å². The van der Waals surface area contributed by atoms with Crippen LogP contribution in [-0.2, 0) is 4.74 Å². The van der Waals surface area contributed by atoms with Crippen molar-refractivity contribution in [3.63, 3.8) is 0 Å². The molecule has 1 saturated heterocycles. The normalized spacial score (nSPS) is 23.9. The molecule has 1 aromatic rings. The van der Waals surface area contributed by atoms with Crippen LogP contribution in [0.1, 0.15) is 47.5 Å². The van der Waals surface area contributed by atoms with Crippen LogP contribution in [-0.4, -0.2) is 31.6 Å². The molecule has 1 N–H and O–H groups in total. The van der Waals surface area contributed by atoms with E-state index in [4.69, 9.17) is 4.74 Å². The monoisotopic (exact) mass is 259 g/mol. The molecule has 0 radical (unpaired) electrons. The first-order valence-electron chi connectivity index (χ1n) is 7.28. The number of ether oxygens (including phenoxy) is 1. The van der Waals surface area contributed by atoms with Crippen molar-refractivity contribution in [3.05, 3.63) is 35.4 Å². The highest BCUT2D eigenvalue weighted by atomic mass is 16.5. The molecule has 3 rings (SSSR count). The van der Waals surface area contributed by atoms with Gasteiger partial charge in [-0.3, -0.25) is 4.79 Å². The average molecular weight is 259 g/mol. The van der Waals surface area contributed by atoms with Crippen LogP contribution in [0.2, 0.25) is 0 Å². The maximum Gasteiger partial charge on any atom is 0.164 e. The Balaban J connectivity index is 1.71. The fraction of sp³-hybridized carbons (Fsp3) is 0.562. The number of rotatable bonds is 4. The maximum absolute atomic E-state index is 12.5. The maximum atomic E-state index is 12.5. The first kappa shape index (κ1) is 12.8. The molecule has 1 unspecified atom stereocenters. The highest BCUT2D eigenvalue weighted by molar-refractivity contribution is 5.98. The number of carbonyl (C=O) groups is 1. The molecule has 19 heavy (non-hydrogen) atoms. The van der Waals surface area contributed by atoms with Crippen molar-refractivity contribution in [2.24, 2.45) is 0 Å². The molecular weight excluding hydrogens is 238 g/mol. The Morgan fingerprint density at radius 2 is 2.16 bits per heavy atom. The van der Waals surface area contributed by atoms with E-state index in [0.29, 0.717) is 18.9 Å². The predicted octanol–water partition coefficient (Wildman–Crippen LogP) is 2.52. The zero-order valence-electron chi connectivity index (χ0n) is 11.2. The van der Waals surface area contributed by atoms with Gasteiger partial charge in [0.15, 0.2) is 5.78 Å². The fourth-order valence-electron chi connectivity index (χ4n) is 2.91. The Hall–Kier alpha value is -1.19. The van der Waals surface area contributed by atoms with E-state index < -0.39 is 0 Å². The van der Waals surface area contributed by atoms with E-state index in [1.165, 1.54) is 24.8 Å². The van der Waals surface area contributed by atoms with Crippen LogP contribution in [0.15, 0.2) is 24.3 Å². The molecule has 0 spiro atoms. The second-order valence-corrected chi connectivity index (χ2v) is 5.57. The third kappa shape index (κ3) is 2.88. The summed E-state index contributed by atoms with van der Waals surface area (Å²) in [6.07, 6.45) is 4.30. The summed E-state index contributed by atoms with van der Waals surface area (Å²) in [5.41, 5.74) is 2.19. The smallest absolute Gasteiger partial charge is 0.164 e. The van der Waals surface area contributed by atoms with Crippen LogP contribution < -0.4 is 5.32 Å². The summed E-state index contributed by atoms with van der Waals surface area (Å²) in [6.45, 7) is 2.25. The highest BCUT2D eigenvalue weighted by Crippen LogP contribution is 2.38. The van der Waals surface area contributed by atoms with Gasteiger partial charge in [0, 0.05) is 24.6 Å². The summed E-state index contributed by atoms with van der Waals surface area (Å²) in [6, 6.07) is 8.31. The van der Waals surface area contributed by atoms with E-state index in [0.717, 1.165) is 18.7 Å². The number of ketones is 1. The van der Waals surface area contributed by atoms with E-state index >= 15 is 0 Å². The van der Waals surface area contributed by atoms with E-state index in [-0.39, 0.29) is 11.8 Å². The second kappa shape index (κ2) is 5.85. The Labute approximate surface area is 114 Å². The van der Waals surface area contributed by atoms with Crippen molar-refractivity contribution >= 4 is 5.78 Å². The number of Topliss-reactive ketones (excluding diaryl/α,β-unsaturated/α-hetero) is 1. The SMILES string of the molecule is O=C(CC1COCCN1)c1ccccc1C1CCC1. The summed E-state index contributed by atoms with van der Waals surface area (Å²) in [5.74, 6) is 0.862.